The zero-order chi connectivity index (χ0) is 15.8. The van der Waals surface area contributed by atoms with Gasteiger partial charge in [0.05, 0.1) is 10.0 Å². The minimum absolute atomic E-state index is 0.0654. The van der Waals surface area contributed by atoms with E-state index in [1.165, 1.54) is 12.8 Å². The highest BCUT2D eigenvalue weighted by atomic mass is 35.5. The molecule has 0 radical (unpaired) electrons. The Bertz CT molecular complexity index is 423. The Balaban J connectivity index is 2.63. The van der Waals surface area contributed by atoms with Crippen LogP contribution in [0.15, 0.2) is 18.2 Å². The van der Waals surface area contributed by atoms with Crippen LogP contribution in [0.25, 0.3) is 0 Å². The molecule has 0 aliphatic heterocycles. The Morgan fingerprint density at radius 2 is 1.90 bits per heavy atom. The number of unbranched alkanes of at least 4 members (excludes halogenated alkanes) is 1. The van der Waals surface area contributed by atoms with E-state index >= 15 is 0 Å². The van der Waals surface area contributed by atoms with Gasteiger partial charge in [-0.15, -0.1) is 0 Å². The van der Waals surface area contributed by atoms with Gasteiger partial charge in [0.2, 0.25) is 0 Å². The molecule has 2 nitrogen and oxygen atoms in total. The maximum absolute atomic E-state index is 6.31. The molecule has 0 saturated heterocycles. The molecule has 0 aliphatic carbocycles. The molecule has 4 heteroatoms. The van der Waals surface area contributed by atoms with Crippen LogP contribution in [0.2, 0.25) is 10.0 Å². The lowest BCUT2D eigenvalue weighted by Gasteiger charge is -2.29. The fourth-order valence-corrected chi connectivity index (χ4v) is 2.89. The van der Waals surface area contributed by atoms with Crippen LogP contribution in [-0.4, -0.2) is 24.0 Å². The summed E-state index contributed by atoms with van der Waals surface area (Å²) < 4.78 is 0. The number of nitrogens with zero attached hydrogens (tertiary/aromatic N) is 1. The van der Waals surface area contributed by atoms with Crippen molar-refractivity contribution in [3.63, 3.8) is 0 Å². The van der Waals surface area contributed by atoms with Crippen molar-refractivity contribution >= 4 is 23.2 Å². The van der Waals surface area contributed by atoms with E-state index in [4.69, 9.17) is 28.9 Å². The van der Waals surface area contributed by atoms with Gasteiger partial charge >= 0.3 is 0 Å². The van der Waals surface area contributed by atoms with Gasteiger partial charge in [-0.25, -0.2) is 0 Å². The maximum atomic E-state index is 6.31. The molecule has 1 aromatic carbocycles. The standard InChI is InChI=1S/C17H28Cl2N2/c1-4-6-11-21(13(3)5-2)12-10-16(20)14-8-7-9-15(18)17(14)19/h7-9,13,16H,4-6,10-12,20H2,1-3H3. The molecule has 1 rings (SSSR count). The van der Waals surface area contributed by atoms with Gasteiger partial charge < -0.3 is 10.6 Å². The molecule has 1 aromatic rings. The summed E-state index contributed by atoms with van der Waals surface area (Å²) in [6.45, 7) is 8.89. The quantitative estimate of drug-likeness (QED) is 0.667. The zero-order valence-electron chi connectivity index (χ0n) is 13.4. The first-order chi connectivity index (χ1) is 10.0. The first-order valence-electron chi connectivity index (χ1n) is 7.94. The van der Waals surface area contributed by atoms with Gasteiger partial charge in [0.1, 0.15) is 0 Å². The first-order valence-corrected chi connectivity index (χ1v) is 8.70. The number of benzene rings is 1. The molecule has 0 amide bonds. The summed E-state index contributed by atoms with van der Waals surface area (Å²) in [5, 5.41) is 1.17. The molecule has 120 valence electrons. The molecule has 0 bridgehead atoms. The van der Waals surface area contributed by atoms with Crippen LogP contribution in [0.1, 0.15) is 58.1 Å². The molecule has 2 N–H and O–H groups in total. The highest BCUT2D eigenvalue weighted by Crippen LogP contribution is 2.30. The third-order valence-corrected chi connectivity index (χ3v) is 4.95. The molecule has 0 saturated carbocycles. The number of nitrogens with two attached hydrogens (primary N) is 1. The Labute approximate surface area is 139 Å². The Morgan fingerprint density at radius 1 is 1.19 bits per heavy atom. The predicted molar refractivity (Wildman–Crippen MR) is 94.2 cm³/mol. The number of halogens is 2. The molecule has 0 aromatic heterocycles. The Morgan fingerprint density at radius 3 is 2.52 bits per heavy atom. The molecule has 2 unspecified atom stereocenters. The van der Waals surface area contributed by atoms with Crippen LogP contribution in [0.5, 0.6) is 0 Å². The van der Waals surface area contributed by atoms with Gasteiger partial charge in [-0.05, 0) is 44.4 Å². The topological polar surface area (TPSA) is 29.3 Å². The van der Waals surface area contributed by atoms with E-state index in [1.807, 2.05) is 12.1 Å². The summed E-state index contributed by atoms with van der Waals surface area (Å²) in [5.74, 6) is 0. The molecular weight excluding hydrogens is 303 g/mol. The third kappa shape index (κ3) is 5.78. The zero-order valence-corrected chi connectivity index (χ0v) is 14.9. The lowest BCUT2D eigenvalue weighted by molar-refractivity contribution is 0.194. The van der Waals surface area contributed by atoms with Gasteiger partial charge in [0, 0.05) is 18.6 Å². The van der Waals surface area contributed by atoms with E-state index in [-0.39, 0.29) is 6.04 Å². The van der Waals surface area contributed by atoms with Gasteiger partial charge in [-0.1, -0.05) is 55.6 Å². The largest absolute Gasteiger partial charge is 0.324 e. The summed E-state index contributed by atoms with van der Waals surface area (Å²) in [6, 6.07) is 6.21. The number of rotatable bonds is 9. The summed E-state index contributed by atoms with van der Waals surface area (Å²) >= 11 is 12.3. The summed E-state index contributed by atoms with van der Waals surface area (Å²) in [7, 11) is 0. The lowest BCUT2D eigenvalue weighted by Crippen LogP contribution is -2.35. The molecule has 0 heterocycles. The lowest BCUT2D eigenvalue weighted by atomic mass is 10.0. The highest BCUT2D eigenvalue weighted by molar-refractivity contribution is 6.42. The number of hydrogen-bond donors (Lipinski definition) is 1. The van der Waals surface area contributed by atoms with Crippen LogP contribution in [0.3, 0.4) is 0 Å². The maximum Gasteiger partial charge on any atom is 0.0640 e. The van der Waals surface area contributed by atoms with Crippen molar-refractivity contribution in [1.29, 1.82) is 0 Å². The van der Waals surface area contributed by atoms with Crippen molar-refractivity contribution in [3.8, 4) is 0 Å². The second-order valence-electron chi connectivity index (χ2n) is 5.69. The molecule has 0 fully saturated rings. The van der Waals surface area contributed by atoms with E-state index in [0.29, 0.717) is 16.1 Å². The van der Waals surface area contributed by atoms with Crippen molar-refractivity contribution < 1.29 is 0 Å². The molecule has 0 aliphatic rings. The van der Waals surface area contributed by atoms with Gasteiger partial charge in [-0.3, -0.25) is 0 Å². The van der Waals surface area contributed by atoms with Crippen molar-refractivity contribution in [2.24, 2.45) is 5.73 Å². The highest BCUT2D eigenvalue weighted by Gasteiger charge is 2.16. The van der Waals surface area contributed by atoms with Gasteiger partial charge in [0.15, 0.2) is 0 Å². The van der Waals surface area contributed by atoms with Crippen LogP contribution < -0.4 is 5.73 Å². The second kappa shape index (κ2) is 9.68. The average Bonchev–Trinajstić information content (AvgIpc) is 2.49. The van der Waals surface area contributed by atoms with Crippen molar-refractivity contribution in [3.05, 3.63) is 33.8 Å². The van der Waals surface area contributed by atoms with Crippen LogP contribution >= 0.6 is 23.2 Å². The minimum atomic E-state index is -0.0654. The monoisotopic (exact) mass is 330 g/mol. The first kappa shape index (κ1) is 18.8. The molecule has 0 spiro atoms. The third-order valence-electron chi connectivity index (χ3n) is 4.12. The fraction of sp³-hybridized carbons (Fsp3) is 0.647. The fourth-order valence-electron chi connectivity index (χ4n) is 2.44. The predicted octanol–water partition coefficient (Wildman–Crippen LogP) is 5.28. The van der Waals surface area contributed by atoms with E-state index in [2.05, 4.69) is 25.7 Å². The molecule has 2 atom stereocenters. The van der Waals surface area contributed by atoms with Crippen molar-refractivity contribution in [2.75, 3.05) is 13.1 Å². The van der Waals surface area contributed by atoms with E-state index in [1.54, 1.807) is 6.07 Å². The molecule has 21 heavy (non-hydrogen) atoms. The van der Waals surface area contributed by atoms with E-state index < -0.39 is 0 Å². The number of hydrogen-bond acceptors (Lipinski definition) is 2. The summed E-state index contributed by atoms with van der Waals surface area (Å²) in [6.07, 6.45) is 4.52. The normalized spacial score (nSPS) is 14.4. The van der Waals surface area contributed by atoms with E-state index in [0.717, 1.165) is 31.5 Å². The SMILES string of the molecule is CCCCN(CCC(N)c1cccc(Cl)c1Cl)C(C)CC. The summed E-state index contributed by atoms with van der Waals surface area (Å²) in [5.41, 5.74) is 7.26. The van der Waals surface area contributed by atoms with E-state index in [9.17, 15) is 0 Å². The van der Waals surface area contributed by atoms with Gasteiger partial charge in [-0.2, -0.15) is 0 Å². The van der Waals surface area contributed by atoms with Crippen LogP contribution in [-0.2, 0) is 0 Å². The second-order valence-corrected chi connectivity index (χ2v) is 6.47. The van der Waals surface area contributed by atoms with Gasteiger partial charge in [0.25, 0.3) is 0 Å². The van der Waals surface area contributed by atoms with Crippen molar-refractivity contribution in [1.82, 2.24) is 4.90 Å². The molecular formula is C17H28Cl2N2. The minimum Gasteiger partial charge on any atom is -0.324 e. The summed E-state index contributed by atoms with van der Waals surface area (Å²) in [4.78, 5) is 2.53. The average molecular weight is 331 g/mol. The van der Waals surface area contributed by atoms with Crippen LogP contribution in [0, 0.1) is 0 Å². The Hall–Kier alpha value is -0.280. The Kier molecular flexibility index (Phi) is 8.65. The van der Waals surface area contributed by atoms with Crippen LogP contribution in [0.4, 0.5) is 0 Å². The van der Waals surface area contributed by atoms with Crippen molar-refractivity contribution in [2.45, 2.75) is 58.5 Å². The smallest absolute Gasteiger partial charge is 0.0640 e.